The van der Waals surface area contributed by atoms with Crippen molar-refractivity contribution >= 4 is 33.6 Å². The van der Waals surface area contributed by atoms with Gasteiger partial charge in [-0.05, 0) is 39.8 Å². The number of ether oxygens (including phenoxy) is 1. The van der Waals surface area contributed by atoms with Crippen molar-refractivity contribution in [1.29, 1.82) is 0 Å². The zero-order chi connectivity index (χ0) is 25.1. The molecule has 0 bridgehead atoms. The number of nitrogens with one attached hydrogen (secondary N) is 2. The van der Waals surface area contributed by atoms with Crippen molar-refractivity contribution < 1.29 is 22.4 Å². The standard InChI is InChI=1S/C23H22F3N7O2/c1-6-33-18(9-17(31-33)23(24,25)26)30-22-20-13-8-16(34-5)14(19-10(2)32-35-11(19)3)7-15(13)29-21(20)27-12(4)28-22/h7-9H,6H2,1-5H3,(H2,27,28,29,30). The number of methoxy groups -OCH3 is 1. The van der Waals surface area contributed by atoms with Crippen LogP contribution < -0.4 is 10.1 Å². The maximum absolute atomic E-state index is 13.3. The molecular formula is C23H22F3N7O2. The summed E-state index contributed by atoms with van der Waals surface area (Å²) >= 11 is 0. The van der Waals surface area contributed by atoms with Crippen LogP contribution in [0.1, 0.15) is 29.9 Å². The molecule has 4 heterocycles. The molecule has 5 rings (SSSR count). The molecule has 4 aromatic heterocycles. The number of benzene rings is 1. The molecular weight excluding hydrogens is 463 g/mol. The van der Waals surface area contributed by atoms with Gasteiger partial charge in [0, 0.05) is 29.1 Å². The fourth-order valence-electron chi connectivity index (χ4n) is 4.28. The predicted molar refractivity (Wildman–Crippen MR) is 124 cm³/mol. The third-order valence-corrected chi connectivity index (χ3v) is 5.80. The van der Waals surface area contributed by atoms with Crippen LogP contribution in [-0.2, 0) is 12.7 Å². The Morgan fingerprint density at radius 2 is 1.91 bits per heavy atom. The van der Waals surface area contributed by atoms with Gasteiger partial charge in [-0.2, -0.15) is 18.3 Å². The van der Waals surface area contributed by atoms with Crippen molar-refractivity contribution in [3.63, 3.8) is 0 Å². The van der Waals surface area contributed by atoms with E-state index in [4.69, 9.17) is 9.26 Å². The lowest BCUT2D eigenvalue weighted by Crippen LogP contribution is -2.08. The summed E-state index contributed by atoms with van der Waals surface area (Å²) in [5.41, 5.74) is 2.65. The number of aromatic nitrogens is 6. The smallest absolute Gasteiger partial charge is 0.435 e. The summed E-state index contributed by atoms with van der Waals surface area (Å²) in [6.07, 6.45) is -4.56. The highest BCUT2D eigenvalue weighted by Crippen LogP contribution is 2.41. The number of hydrogen-bond acceptors (Lipinski definition) is 7. The summed E-state index contributed by atoms with van der Waals surface area (Å²) in [5, 5.41) is 12.1. The zero-order valence-corrected chi connectivity index (χ0v) is 19.6. The number of fused-ring (bicyclic) bond motifs is 3. The van der Waals surface area contributed by atoms with Gasteiger partial charge in [-0.15, -0.1) is 0 Å². The summed E-state index contributed by atoms with van der Waals surface area (Å²) in [5.74, 6) is 2.21. The number of nitrogens with zero attached hydrogens (tertiary/aromatic N) is 5. The Morgan fingerprint density at radius 1 is 1.14 bits per heavy atom. The number of alkyl halides is 3. The third-order valence-electron chi connectivity index (χ3n) is 5.80. The Bertz CT molecular complexity index is 1560. The van der Waals surface area contributed by atoms with E-state index in [0.717, 1.165) is 33.8 Å². The number of H-pyrrole nitrogens is 1. The quantitative estimate of drug-likeness (QED) is 0.330. The maximum atomic E-state index is 13.3. The molecule has 0 amide bonds. The van der Waals surface area contributed by atoms with Gasteiger partial charge in [0.2, 0.25) is 0 Å². The molecule has 9 nitrogen and oxygen atoms in total. The molecule has 1 aromatic carbocycles. The first-order chi connectivity index (χ1) is 16.6. The second-order valence-electron chi connectivity index (χ2n) is 8.12. The van der Waals surface area contributed by atoms with Gasteiger partial charge >= 0.3 is 6.18 Å². The van der Waals surface area contributed by atoms with Gasteiger partial charge in [0.15, 0.2) is 5.69 Å². The van der Waals surface area contributed by atoms with Gasteiger partial charge < -0.3 is 19.6 Å². The van der Waals surface area contributed by atoms with Crippen LogP contribution in [0.15, 0.2) is 22.7 Å². The van der Waals surface area contributed by atoms with E-state index in [9.17, 15) is 13.2 Å². The topological polar surface area (TPSA) is 107 Å². The largest absolute Gasteiger partial charge is 0.496 e. The molecule has 0 aliphatic carbocycles. The van der Waals surface area contributed by atoms with Crippen LogP contribution in [-0.4, -0.2) is 37.0 Å². The maximum Gasteiger partial charge on any atom is 0.435 e. The fraction of sp³-hybridized carbons (Fsp3) is 0.304. The Kier molecular flexibility index (Phi) is 5.18. The van der Waals surface area contributed by atoms with Gasteiger partial charge in [-0.25, -0.2) is 14.6 Å². The minimum Gasteiger partial charge on any atom is -0.496 e. The molecule has 0 saturated heterocycles. The van der Waals surface area contributed by atoms with Gasteiger partial charge in [0.05, 0.1) is 23.8 Å². The molecule has 5 aromatic rings. The molecule has 0 saturated carbocycles. The summed E-state index contributed by atoms with van der Waals surface area (Å²) in [4.78, 5) is 12.3. The van der Waals surface area contributed by atoms with Gasteiger partial charge in [0.25, 0.3) is 0 Å². The van der Waals surface area contributed by atoms with Crippen molar-refractivity contribution in [1.82, 2.24) is 29.9 Å². The van der Waals surface area contributed by atoms with Crippen LogP contribution in [0.25, 0.3) is 33.1 Å². The van der Waals surface area contributed by atoms with E-state index in [1.165, 1.54) is 4.68 Å². The SMILES string of the molecule is CCn1nc(C(F)(F)F)cc1Nc1nc(C)nc2[nH]c3cc(-c4c(C)noc4C)c(OC)cc3c12. The molecule has 182 valence electrons. The summed E-state index contributed by atoms with van der Waals surface area (Å²) < 4.78 is 52.1. The Labute approximate surface area is 197 Å². The van der Waals surface area contributed by atoms with Gasteiger partial charge in [-0.3, -0.25) is 0 Å². The van der Waals surface area contributed by atoms with Gasteiger partial charge in [0.1, 0.15) is 34.6 Å². The van der Waals surface area contributed by atoms with Crippen molar-refractivity contribution in [2.75, 3.05) is 12.4 Å². The molecule has 0 radical (unpaired) electrons. The highest BCUT2D eigenvalue weighted by molar-refractivity contribution is 6.13. The molecule has 0 spiro atoms. The summed E-state index contributed by atoms with van der Waals surface area (Å²) in [7, 11) is 1.57. The van der Waals surface area contributed by atoms with E-state index in [2.05, 4.69) is 30.5 Å². The van der Waals surface area contributed by atoms with E-state index in [-0.39, 0.29) is 12.4 Å². The van der Waals surface area contributed by atoms with E-state index in [0.29, 0.717) is 34.2 Å². The number of aromatic amines is 1. The number of aryl methyl sites for hydroxylation is 4. The lowest BCUT2D eigenvalue weighted by atomic mass is 10.0. The average molecular weight is 485 g/mol. The van der Waals surface area contributed by atoms with E-state index in [1.54, 1.807) is 21.0 Å². The summed E-state index contributed by atoms with van der Waals surface area (Å²) in [6.45, 7) is 7.35. The van der Waals surface area contributed by atoms with Crippen molar-refractivity contribution in [3.8, 4) is 16.9 Å². The molecule has 0 aliphatic rings. The highest BCUT2D eigenvalue weighted by atomic mass is 19.4. The van der Waals surface area contributed by atoms with Crippen LogP contribution in [0.3, 0.4) is 0 Å². The molecule has 0 aliphatic heterocycles. The zero-order valence-electron chi connectivity index (χ0n) is 19.6. The number of rotatable bonds is 5. The molecule has 0 atom stereocenters. The van der Waals surface area contributed by atoms with E-state index >= 15 is 0 Å². The Morgan fingerprint density at radius 3 is 2.54 bits per heavy atom. The Hall–Kier alpha value is -4.09. The van der Waals surface area contributed by atoms with Crippen LogP contribution in [0, 0.1) is 20.8 Å². The molecule has 35 heavy (non-hydrogen) atoms. The minimum atomic E-state index is -4.56. The molecule has 2 N–H and O–H groups in total. The number of anilines is 2. The van der Waals surface area contributed by atoms with E-state index < -0.39 is 11.9 Å². The normalized spacial score (nSPS) is 12.1. The lowest BCUT2D eigenvalue weighted by molar-refractivity contribution is -0.141. The molecule has 0 fully saturated rings. The fourth-order valence-corrected chi connectivity index (χ4v) is 4.28. The molecule has 12 heteroatoms. The molecule has 0 unspecified atom stereocenters. The van der Waals surface area contributed by atoms with Crippen molar-refractivity contribution in [2.45, 2.75) is 40.4 Å². The average Bonchev–Trinajstić information content (AvgIpc) is 3.46. The first-order valence-electron chi connectivity index (χ1n) is 10.8. The lowest BCUT2D eigenvalue weighted by Gasteiger charge is -2.11. The number of hydrogen-bond donors (Lipinski definition) is 2. The first kappa shape index (κ1) is 22.7. The van der Waals surface area contributed by atoms with Crippen LogP contribution >= 0.6 is 0 Å². The van der Waals surface area contributed by atoms with Crippen LogP contribution in [0.4, 0.5) is 24.8 Å². The second-order valence-corrected chi connectivity index (χ2v) is 8.12. The van der Waals surface area contributed by atoms with Gasteiger partial charge in [-0.1, -0.05) is 5.16 Å². The Balaban J connectivity index is 1.72. The minimum absolute atomic E-state index is 0.174. The van der Waals surface area contributed by atoms with E-state index in [1.807, 2.05) is 26.0 Å². The highest BCUT2D eigenvalue weighted by Gasteiger charge is 2.35. The van der Waals surface area contributed by atoms with Crippen LogP contribution in [0.2, 0.25) is 0 Å². The van der Waals surface area contributed by atoms with Crippen molar-refractivity contribution in [2.24, 2.45) is 0 Å². The van der Waals surface area contributed by atoms with Crippen LogP contribution in [0.5, 0.6) is 5.75 Å². The van der Waals surface area contributed by atoms with Crippen molar-refractivity contribution in [3.05, 3.63) is 41.2 Å². The predicted octanol–water partition coefficient (Wildman–Crippen LogP) is 5.68. The second kappa shape index (κ2) is 8.00. The monoisotopic (exact) mass is 485 g/mol. The third kappa shape index (κ3) is 3.74. The first-order valence-corrected chi connectivity index (χ1v) is 10.8. The number of halogens is 3. The summed E-state index contributed by atoms with van der Waals surface area (Å²) in [6, 6.07) is 4.73.